The number of nitrogens with one attached hydrogen (secondary N) is 1. The molecule has 1 saturated carbocycles. The van der Waals surface area contributed by atoms with Gasteiger partial charge in [0.05, 0.1) is 12.5 Å². The van der Waals surface area contributed by atoms with Gasteiger partial charge in [0, 0.05) is 19.0 Å². The van der Waals surface area contributed by atoms with Crippen LogP contribution in [-0.4, -0.2) is 46.9 Å². The van der Waals surface area contributed by atoms with Crippen molar-refractivity contribution in [3.63, 3.8) is 0 Å². The molecular formula is C15H24N2O4. The average molecular weight is 296 g/mol. The van der Waals surface area contributed by atoms with E-state index in [1.165, 1.54) is 0 Å². The Labute approximate surface area is 124 Å². The molecule has 21 heavy (non-hydrogen) atoms. The van der Waals surface area contributed by atoms with Gasteiger partial charge in [-0.05, 0) is 32.1 Å². The van der Waals surface area contributed by atoms with Crippen molar-refractivity contribution < 1.29 is 19.5 Å². The van der Waals surface area contributed by atoms with Crippen molar-refractivity contribution >= 4 is 17.8 Å². The first-order valence-corrected chi connectivity index (χ1v) is 7.86. The number of nitrogens with zero attached hydrogens (tertiary/aromatic N) is 1. The van der Waals surface area contributed by atoms with Crippen molar-refractivity contribution in [2.45, 2.75) is 57.4 Å². The molecule has 0 radical (unpaired) electrons. The summed E-state index contributed by atoms with van der Waals surface area (Å²) in [5.74, 6) is -1.25. The minimum atomic E-state index is -0.786. The number of aliphatic carboxylic acids is 1. The van der Waals surface area contributed by atoms with Gasteiger partial charge in [0.25, 0.3) is 0 Å². The lowest BCUT2D eigenvalue weighted by Crippen LogP contribution is -2.44. The molecule has 2 aliphatic rings. The highest BCUT2D eigenvalue weighted by Crippen LogP contribution is 2.25. The van der Waals surface area contributed by atoms with Gasteiger partial charge in [-0.3, -0.25) is 14.4 Å². The van der Waals surface area contributed by atoms with Crippen molar-refractivity contribution in [1.82, 2.24) is 10.2 Å². The maximum atomic E-state index is 12.0. The zero-order valence-corrected chi connectivity index (χ0v) is 12.3. The van der Waals surface area contributed by atoms with Crippen LogP contribution in [0.3, 0.4) is 0 Å². The smallest absolute Gasteiger partial charge is 0.306 e. The van der Waals surface area contributed by atoms with Crippen LogP contribution in [0.5, 0.6) is 0 Å². The van der Waals surface area contributed by atoms with Crippen LogP contribution >= 0.6 is 0 Å². The number of carboxylic acids is 1. The molecule has 2 N–H and O–H groups in total. The fourth-order valence-electron chi connectivity index (χ4n) is 3.17. The van der Waals surface area contributed by atoms with Crippen LogP contribution < -0.4 is 5.32 Å². The summed E-state index contributed by atoms with van der Waals surface area (Å²) in [7, 11) is 0. The van der Waals surface area contributed by atoms with E-state index in [9.17, 15) is 14.4 Å². The Hall–Kier alpha value is -1.59. The largest absolute Gasteiger partial charge is 0.481 e. The second-order valence-electron chi connectivity index (χ2n) is 6.09. The van der Waals surface area contributed by atoms with Crippen LogP contribution in [0.2, 0.25) is 0 Å². The van der Waals surface area contributed by atoms with Crippen molar-refractivity contribution in [3.8, 4) is 0 Å². The van der Waals surface area contributed by atoms with E-state index in [0.717, 1.165) is 25.7 Å². The van der Waals surface area contributed by atoms with Crippen LogP contribution in [-0.2, 0) is 14.4 Å². The zero-order chi connectivity index (χ0) is 15.2. The molecule has 0 aromatic heterocycles. The highest BCUT2D eigenvalue weighted by molar-refractivity contribution is 5.85. The van der Waals surface area contributed by atoms with Crippen LogP contribution in [0, 0.1) is 5.92 Å². The van der Waals surface area contributed by atoms with Crippen molar-refractivity contribution in [2.75, 3.05) is 13.1 Å². The summed E-state index contributed by atoms with van der Waals surface area (Å²) in [5, 5.41) is 11.8. The van der Waals surface area contributed by atoms with Crippen LogP contribution in [0.25, 0.3) is 0 Å². The zero-order valence-electron chi connectivity index (χ0n) is 12.3. The fourth-order valence-corrected chi connectivity index (χ4v) is 3.17. The normalized spacial score (nSPS) is 27.0. The molecule has 1 saturated heterocycles. The fraction of sp³-hybridized carbons (Fsp3) is 0.800. The van der Waals surface area contributed by atoms with Gasteiger partial charge in [0.2, 0.25) is 11.8 Å². The molecule has 6 nitrogen and oxygen atoms in total. The third kappa shape index (κ3) is 4.72. The topological polar surface area (TPSA) is 86.7 Å². The Morgan fingerprint density at radius 3 is 2.67 bits per heavy atom. The lowest BCUT2D eigenvalue weighted by molar-refractivity contribution is -0.141. The van der Waals surface area contributed by atoms with Crippen LogP contribution in [0.4, 0.5) is 0 Å². The standard InChI is InChI=1S/C15H24N2O4/c18-13(16-12-7-6-11(9-12)15(20)21)10-17-8-4-2-1-3-5-14(17)19/h11-12H,1-10H2,(H,16,18)(H,20,21)/t11-,12+/m1/s1. The van der Waals surface area contributed by atoms with Crippen molar-refractivity contribution in [3.05, 3.63) is 0 Å². The van der Waals surface area contributed by atoms with Gasteiger partial charge in [0.1, 0.15) is 0 Å². The number of hydrogen-bond acceptors (Lipinski definition) is 3. The molecule has 2 atom stereocenters. The molecule has 1 aliphatic heterocycles. The number of likely N-dealkylation sites (tertiary alicyclic amines) is 1. The van der Waals surface area contributed by atoms with E-state index in [2.05, 4.69) is 5.32 Å². The summed E-state index contributed by atoms with van der Waals surface area (Å²) < 4.78 is 0. The highest BCUT2D eigenvalue weighted by Gasteiger charge is 2.31. The third-order valence-corrected chi connectivity index (χ3v) is 4.40. The van der Waals surface area contributed by atoms with Gasteiger partial charge in [-0.1, -0.05) is 12.8 Å². The molecule has 0 bridgehead atoms. The molecule has 1 aliphatic carbocycles. The molecule has 118 valence electrons. The number of hydrogen-bond donors (Lipinski definition) is 2. The number of carbonyl (C=O) groups excluding carboxylic acids is 2. The Balaban J connectivity index is 1.78. The summed E-state index contributed by atoms with van der Waals surface area (Å²) in [4.78, 5) is 36.5. The Morgan fingerprint density at radius 2 is 1.95 bits per heavy atom. The molecule has 2 fully saturated rings. The molecule has 0 spiro atoms. The van der Waals surface area contributed by atoms with Gasteiger partial charge in [0.15, 0.2) is 0 Å². The predicted molar refractivity (Wildman–Crippen MR) is 76.6 cm³/mol. The van der Waals surface area contributed by atoms with Gasteiger partial charge in [-0.2, -0.15) is 0 Å². The van der Waals surface area contributed by atoms with E-state index in [0.29, 0.717) is 32.2 Å². The lowest BCUT2D eigenvalue weighted by Gasteiger charge is -2.25. The molecule has 0 unspecified atom stereocenters. The van der Waals surface area contributed by atoms with Gasteiger partial charge < -0.3 is 15.3 Å². The summed E-state index contributed by atoms with van der Waals surface area (Å²) in [6, 6.07) is -0.0662. The molecule has 2 amide bonds. The Bertz CT molecular complexity index is 410. The van der Waals surface area contributed by atoms with Crippen LogP contribution in [0.15, 0.2) is 0 Å². The van der Waals surface area contributed by atoms with Gasteiger partial charge in [-0.25, -0.2) is 0 Å². The minimum Gasteiger partial charge on any atom is -0.481 e. The third-order valence-electron chi connectivity index (χ3n) is 4.40. The SMILES string of the molecule is O=C(CN1CCCCCCC1=O)N[C@H]1CC[C@@H](C(=O)O)C1. The molecule has 0 aromatic rings. The first-order valence-electron chi connectivity index (χ1n) is 7.86. The summed E-state index contributed by atoms with van der Waals surface area (Å²) >= 11 is 0. The van der Waals surface area contributed by atoms with E-state index in [-0.39, 0.29) is 30.3 Å². The second-order valence-corrected chi connectivity index (χ2v) is 6.09. The average Bonchev–Trinajstić information content (AvgIpc) is 2.87. The number of carbonyl (C=O) groups is 3. The summed E-state index contributed by atoms with van der Waals surface area (Å²) in [5.41, 5.74) is 0. The van der Waals surface area contributed by atoms with E-state index >= 15 is 0 Å². The van der Waals surface area contributed by atoms with Crippen LogP contribution in [0.1, 0.15) is 51.4 Å². The summed E-state index contributed by atoms with van der Waals surface area (Å²) in [6.45, 7) is 0.752. The molecular weight excluding hydrogens is 272 g/mol. The number of rotatable bonds is 4. The van der Waals surface area contributed by atoms with Gasteiger partial charge >= 0.3 is 5.97 Å². The molecule has 1 heterocycles. The van der Waals surface area contributed by atoms with E-state index in [1.807, 2.05) is 0 Å². The van der Waals surface area contributed by atoms with Crippen molar-refractivity contribution in [1.29, 1.82) is 0 Å². The maximum absolute atomic E-state index is 12.0. The van der Waals surface area contributed by atoms with E-state index < -0.39 is 5.97 Å². The Morgan fingerprint density at radius 1 is 1.19 bits per heavy atom. The second kappa shape index (κ2) is 7.43. The number of amides is 2. The van der Waals surface area contributed by atoms with E-state index in [1.54, 1.807) is 4.90 Å². The first-order chi connectivity index (χ1) is 10.1. The van der Waals surface area contributed by atoms with Crippen molar-refractivity contribution in [2.24, 2.45) is 5.92 Å². The van der Waals surface area contributed by atoms with E-state index in [4.69, 9.17) is 5.11 Å². The first kappa shape index (κ1) is 15.8. The maximum Gasteiger partial charge on any atom is 0.306 e. The summed E-state index contributed by atoms with van der Waals surface area (Å²) in [6.07, 6.45) is 6.38. The number of carboxylic acid groups (broad SMARTS) is 1. The predicted octanol–water partition coefficient (Wildman–Crippen LogP) is 1.15. The van der Waals surface area contributed by atoms with Gasteiger partial charge in [-0.15, -0.1) is 0 Å². The molecule has 0 aromatic carbocycles. The quantitative estimate of drug-likeness (QED) is 0.814. The molecule has 2 rings (SSSR count). The minimum absolute atomic E-state index is 0.0553. The monoisotopic (exact) mass is 296 g/mol. The Kier molecular flexibility index (Phi) is 5.59. The highest BCUT2D eigenvalue weighted by atomic mass is 16.4. The lowest BCUT2D eigenvalue weighted by atomic mass is 10.1. The molecule has 6 heteroatoms.